The SMILES string of the molecule is CCOC(=O)C1(CCC(C)C)CNC(=O)CCCN(C(=O)c2cccnc2)CCNC(=O)COc2ccc(cc2OC)C1. The molecule has 0 saturated carbocycles. The first-order valence-electron chi connectivity index (χ1n) is 14.9. The minimum Gasteiger partial charge on any atom is -0.493 e. The Balaban J connectivity index is 1.91. The average molecular weight is 597 g/mol. The van der Waals surface area contributed by atoms with Crippen LogP contribution in [0.25, 0.3) is 0 Å². The lowest BCUT2D eigenvalue weighted by atomic mass is 9.76. The number of nitrogens with one attached hydrogen (secondary N) is 2. The van der Waals surface area contributed by atoms with Crippen LogP contribution < -0.4 is 20.1 Å². The molecule has 1 aromatic carbocycles. The summed E-state index contributed by atoms with van der Waals surface area (Å²) in [6.07, 6.45) is 5.20. The number of hydrogen-bond acceptors (Lipinski definition) is 8. The standard InChI is InChI=1S/C32H44N4O7/c1-5-42-31(40)32(13-12-23(2)3)19-24-10-11-26(27(18-24)41-4)43-21-29(38)34-15-17-36(16-7-9-28(37)35-22-32)30(39)25-8-6-14-33-20-25/h6,8,10-11,14,18,20,23H,5,7,9,12-13,15-17,19,21-22H2,1-4H3,(H,34,38)(H,35,37). The van der Waals surface area contributed by atoms with E-state index >= 15 is 0 Å². The highest BCUT2D eigenvalue weighted by Crippen LogP contribution is 2.35. The minimum absolute atomic E-state index is 0.106. The van der Waals surface area contributed by atoms with Gasteiger partial charge >= 0.3 is 5.97 Å². The molecular formula is C32H44N4O7. The zero-order valence-corrected chi connectivity index (χ0v) is 25.6. The maximum Gasteiger partial charge on any atom is 0.314 e. The van der Waals surface area contributed by atoms with Gasteiger partial charge in [0.2, 0.25) is 5.91 Å². The first-order valence-corrected chi connectivity index (χ1v) is 14.9. The number of esters is 1. The number of nitrogens with zero attached hydrogens (tertiary/aromatic N) is 2. The third-order valence-corrected chi connectivity index (χ3v) is 7.39. The Kier molecular flexibility index (Phi) is 12.8. The number of rotatable bonds is 7. The maximum absolute atomic E-state index is 13.5. The normalized spacial score (nSPS) is 18.9. The van der Waals surface area contributed by atoms with Crippen LogP contribution in [0.2, 0.25) is 0 Å². The van der Waals surface area contributed by atoms with Crippen molar-refractivity contribution in [1.82, 2.24) is 20.5 Å². The van der Waals surface area contributed by atoms with E-state index in [9.17, 15) is 19.2 Å². The molecular weight excluding hydrogens is 552 g/mol. The summed E-state index contributed by atoms with van der Waals surface area (Å²) >= 11 is 0. The van der Waals surface area contributed by atoms with E-state index in [1.165, 1.54) is 13.3 Å². The Bertz CT molecular complexity index is 1240. The van der Waals surface area contributed by atoms with Crippen LogP contribution in [0.15, 0.2) is 42.7 Å². The van der Waals surface area contributed by atoms with Gasteiger partial charge in [0.1, 0.15) is 0 Å². The van der Waals surface area contributed by atoms with Crippen molar-refractivity contribution in [3.63, 3.8) is 0 Å². The number of hydrogen-bond donors (Lipinski definition) is 2. The van der Waals surface area contributed by atoms with Crippen molar-refractivity contribution >= 4 is 23.7 Å². The van der Waals surface area contributed by atoms with E-state index in [2.05, 4.69) is 29.5 Å². The molecule has 1 aromatic heterocycles. The second-order valence-corrected chi connectivity index (χ2v) is 11.1. The van der Waals surface area contributed by atoms with E-state index in [-0.39, 0.29) is 63.0 Å². The Hall–Kier alpha value is -4.15. The highest BCUT2D eigenvalue weighted by Gasteiger charge is 2.40. The lowest BCUT2D eigenvalue weighted by Crippen LogP contribution is -2.46. The van der Waals surface area contributed by atoms with Gasteiger partial charge in [-0.05, 0) is 68.4 Å². The summed E-state index contributed by atoms with van der Waals surface area (Å²) in [6.45, 7) is 6.76. The largest absolute Gasteiger partial charge is 0.493 e. The number of benzene rings is 1. The molecule has 2 bridgehead atoms. The van der Waals surface area contributed by atoms with Crippen molar-refractivity contribution in [3.8, 4) is 11.5 Å². The number of carbonyl (C=O) groups is 4. The topological polar surface area (TPSA) is 136 Å². The highest BCUT2D eigenvalue weighted by molar-refractivity contribution is 5.94. The first-order chi connectivity index (χ1) is 20.7. The van der Waals surface area contributed by atoms with Gasteiger partial charge in [-0.2, -0.15) is 0 Å². The molecule has 2 N–H and O–H groups in total. The van der Waals surface area contributed by atoms with Crippen molar-refractivity contribution in [2.75, 3.05) is 46.5 Å². The smallest absolute Gasteiger partial charge is 0.314 e. The predicted molar refractivity (Wildman–Crippen MR) is 161 cm³/mol. The van der Waals surface area contributed by atoms with Gasteiger partial charge in [-0.15, -0.1) is 0 Å². The molecule has 43 heavy (non-hydrogen) atoms. The number of ether oxygens (including phenoxy) is 3. The van der Waals surface area contributed by atoms with Gasteiger partial charge in [-0.3, -0.25) is 24.2 Å². The van der Waals surface area contributed by atoms with Crippen LogP contribution in [-0.4, -0.2) is 80.1 Å². The Morgan fingerprint density at radius 1 is 1.14 bits per heavy atom. The Labute approximate surface area is 253 Å². The van der Waals surface area contributed by atoms with Crippen molar-refractivity contribution in [3.05, 3.63) is 53.9 Å². The van der Waals surface area contributed by atoms with E-state index in [4.69, 9.17) is 14.2 Å². The average Bonchev–Trinajstić information content (AvgIpc) is 3.00. The Morgan fingerprint density at radius 2 is 1.95 bits per heavy atom. The maximum atomic E-state index is 13.5. The molecule has 3 heterocycles. The lowest BCUT2D eigenvalue weighted by Gasteiger charge is -2.33. The first kappa shape index (κ1) is 33.4. The van der Waals surface area contributed by atoms with Crippen LogP contribution in [0.4, 0.5) is 0 Å². The molecule has 1 atom stereocenters. The fourth-order valence-corrected chi connectivity index (χ4v) is 4.96. The number of pyridine rings is 1. The van der Waals surface area contributed by atoms with Crippen molar-refractivity contribution in [1.29, 1.82) is 0 Å². The van der Waals surface area contributed by atoms with Gasteiger partial charge in [0, 0.05) is 45.0 Å². The third-order valence-electron chi connectivity index (χ3n) is 7.39. The number of amides is 3. The van der Waals surface area contributed by atoms with E-state index in [1.54, 1.807) is 42.3 Å². The summed E-state index contributed by atoms with van der Waals surface area (Å²) in [5.41, 5.74) is 0.218. The van der Waals surface area contributed by atoms with Crippen molar-refractivity contribution in [2.45, 2.75) is 52.9 Å². The quantitative estimate of drug-likeness (QED) is 0.368. The lowest BCUT2D eigenvalue weighted by molar-refractivity contribution is -0.156. The van der Waals surface area contributed by atoms with Gasteiger partial charge < -0.3 is 29.7 Å². The number of carbonyl (C=O) groups excluding carboxylic acids is 4. The van der Waals surface area contributed by atoms with Crippen molar-refractivity contribution in [2.24, 2.45) is 11.3 Å². The van der Waals surface area contributed by atoms with Gasteiger partial charge in [-0.25, -0.2) is 0 Å². The fourth-order valence-electron chi connectivity index (χ4n) is 4.96. The molecule has 1 unspecified atom stereocenters. The van der Waals surface area contributed by atoms with Gasteiger partial charge in [0.25, 0.3) is 11.8 Å². The molecule has 2 aliphatic heterocycles. The molecule has 4 rings (SSSR count). The molecule has 234 valence electrons. The molecule has 2 aliphatic rings. The van der Waals surface area contributed by atoms with Gasteiger partial charge in [-0.1, -0.05) is 19.9 Å². The van der Waals surface area contributed by atoms with Crippen LogP contribution in [0.3, 0.4) is 0 Å². The highest BCUT2D eigenvalue weighted by atomic mass is 16.5. The van der Waals surface area contributed by atoms with Crippen LogP contribution in [0.5, 0.6) is 11.5 Å². The van der Waals surface area contributed by atoms with Crippen LogP contribution >= 0.6 is 0 Å². The van der Waals surface area contributed by atoms with Crippen LogP contribution in [0, 0.1) is 11.3 Å². The summed E-state index contributed by atoms with van der Waals surface area (Å²) in [6, 6.07) is 8.68. The summed E-state index contributed by atoms with van der Waals surface area (Å²) in [4.78, 5) is 58.0. The second-order valence-electron chi connectivity index (χ2n) is 11.1. The third kappa shape index (κ3) is 9.97. The molecule has 0 aliphatic carbocycles. The summed E-state index contributed by atoms with van der Waals surface area (Å²) < 4.78 is 16.9. The van der Waals surface area contributed by atoms with Crippen LogP contribution in [-0.2, 0) is 25.5 Å². The summed E-state index contributed by atoms with van der Waals surface area (Å²) in [5.74, 6) is -0.0619. The van der Waals surface area contributed by atoms with Gasteiger partial charge in [0.05, 0.1) is 24.7 Å². The number of aromatic nitrogens is 1. The molecule has 3 amide bonds. The Morgan fingerprint density at radius 3 is 2.65 bits per heavy atom. The molecule has 0 saturated heterocycles. The second kappa shape index (κ2) is 16.5. The molecule has 11 heteroatoms. The number of fused-ring (bicyclic) bond motifs is 16. The van der Waals surface area contributed by atoms with E-state index in [0.29, 0.717) is 48.8 Å². The molecule has 0 fully saturated rings. The summed E-state index contributed by atoms with van der Waals surface area (Å²) in [5, 5.41) is 5.77. The summed E-state index contributed by atoms with van der Waals surface area (Å²) in [7, 11) is 1.51. The minimum atomic E-state index is -1.01. The molecule has 11 nitrogen and oxygen atoms in total. The van der Waals surface area contributed by atoms with Crippen LogP contribution in [0.1, 0.15) is 62.4 Å². The predicted octanol–water partition coefficient (Wildman–Crippen LogP) is 3.17. The molecule has 2 aromatic rings. The molecule has 0 spiro atoms. The van der Waals surface area contributed by atoms with E-state index in [1.807, 2.05) is 6.07 Å². The van der Waals surface area contributed by atoms with Crippen molar-refractivity contribution < 1.29 is 33.4 Å². The van der Waals surface area contributed by atoms with E-state index < -0.39 is 5.41 Å². The zero-order chi connectivity index (χ0) is 31.2. The fraction of sp³-hybridized carbons (Fsp3) is 0.531. The monoisotopic (exact) mass is 596 g/mol. The zero-order valence-electron chi connectivity index (χ0n) is 25.6. The number of methoxy groups -OCH3 is 1. The molecule has 0 radical (unpaired) electrons. The van der Waals surface area contributed by atoms with E-state index in [0.717, 1.165) is 12.0 Å². The van der Waals surface area contributed by atoms with Gasteiger partial charge in [0.15, 0.2) is 18.1 Å².